The van der Waals surface area contributed by atoms with Gasteiger partial charge in [-0.2, -0.15) is 5.26 Å². The average molecular weight is 256 g/mol. The smallest absolute Gasteiger partial charge is 0.150 e. The van der Waals surface area contributed by atoms with E-state index < -0.39 is 5.41 Å². The first-order valence-electron chi connectivity index (χ1n) is 4.76. The number of rotatable bonds is 3. The number of carbonyl (C=O) groups is 1. The summed E-state index contributed by atoms with van der Waals surface area (Å²) < 4.78 is 0. The highest BCUT2D eigenvalue weighted by atomic mass is 35.5. The molecule has 0 aliphatic carbocycles. The SMILES string of the molecule is CC(=O)C(C)(C#N)Cc1c(Cl)cccc1Cl. The molecule has 4 heteroatoms. The third kappa shape index (κ3) is 2.55. The second kappa shape index (κ2) is 4.86. The van der Waals surface area contributed by atoms with E-state index >= 15 is 0 Å². The Bertz CT molecular complexity index is 444. The first kappa shape index (κ1) is 13.0. The fraction of sp³-hybridized carbons (Fsp3) is 0.333. The molecular formula is C12H11Cl2NO. The zero-order valence-corrected chi connectivity index (χ0v) is 10.6. The Kier molecular flexibility index (Phi) is 3.96. The van der Waals surface area contributed by atoms with Gasteiger partial charge in [0.15, 0.2) is 0 Å². The third-order valence-electron chi connectivity index (χ3n) is 2.62. The van der Waals surface area contributed by atoms with E-state index in [4.69, 9.17) is 28.5 Å². The average Bonchev–Trinajstić information content (AvgIpc) is 2.23. The molecule has 0 spiro atoms. The Hall–Kier alpha value is -1.04. The normalized spacial score (nSPS) is 13.9. The molecule has 84 valence electrons. The van der Waals surface area contributed by atoms with Crippen LogP contribution in [0.25, 0.3) is 0 Å². The fourth-order valence-corrected chi connectivity index (χ4v) is 1.83. The molecule has 0 saturated heterocycles. The minimum Gasteiger partial charge on any atom is -0.298 e. The van der Waals surface area contributed by atoms with Crippen molar-refractivity contribution in [1.29, 1.82) is 5.26 Å². The van der Waals surface area contributed by atoms with Crippen molar-refractivity contribution in [2.45, 2.75) is 20.3 Å². The topological polar surface area (TPSA) is 40.9 Å². The molecule has 1 atom stereocenters. The quantitative estimate of drug-likeness (QED) is 0.828. The van der Waals surface area contributed by atoms with E-state index in [0.717, 1.165) is 0 Å². The van der Waals surface area contributed by atoms with Crippen LogP contribution in [0.15, 0.2) is 18.2 Å². The van der Waals surface area contributed by atoms with Crippen molar-refractivity contribution in [1.82, 2.24) is 0 Å². The van der Waals surface area contributed by atoms with Crippen molar-refractivity contribution in [2.75, 3.05) is 0 Å². The van der Waals surface area contributed by atoms with E-state index in [2.05, 4.69) is 0 Å². The van der Waals surface area contributed by atoms with Crippen LogP contribution in [0.3, 0.4) is 0 Å². The minimum atomic E-state index is -1.07. The van der Waals surface area contributed by atoms with Gasteiger partial charge in [-0.25, -0.2) is 0 Å². The van der Waals surface area contributed by atoms with Crippen molar-refractivity contribution < 1.29 is 4.79 Å². The van der Waals surface area contributed by atoms with Crippen LogP contribution in [0.2, 0.25) is 10.0 Å². The molecule has 0 radical (unpaired) electrons. The molecule has 0 N–H and O–H groups in total. The molecule has 0 bridgehead atoms. The molecule has 1 aromatic carbocycles. The molecule has 1 aromatic rings. The largest absolute Gasteiger partial charge is 0.298 e. The van der Waals surface area contributed by atoms with Gasteiger partial charge >= 0.3 is 0 Å². The van der Waals surface area contributed by atoms with Crippen LogP contribution in [-0.2, 0) is 11.2 Å². The van der Waals surface area contributed by atoms with Gasteiger partial charge < -0.3 is 0 Å². The second-order valence-electron chi connectivity index (χ2n) is 3.88. The van der Waals surface area contributed by atoms with Crippen molar-refractivity contribution in [2.24, 2.45) is 5.41 Å². The maximum Gasteiger partial charge on any atom is 0.150 e. The standard InChI is InChI=1S/C12H11Cl2NO/c1-8(16)12(2,7-15)6-9-10(13)4-3-5-11(9)14/h3-5H,6H2,1-2H3. The van der Waals surface area contributed by atoms with Crippen molar-refractivity contribution in [3.8, 4) is 6.07 Å². The number of benzene rings is 1. The summed E-state index contributed by atoms with van der Waals surface area (Å²) in [6, 6.07) is 7.13. The molecule has 1 rings (SSSR count). The predicted molar refractivity (Wildman–Crippen MR) is 64.6 cm³/mol. The number of halogens is 2. The van der Waals surface area contributed by atoms with Gasteiger partial charge in [0.2, 0.25) is 0 Å². The zero-order chi connectivity index (χ0) is 12.3. The highest BCUT2D eigenvalue weighted by Crippen LogP contribution is 2.31. The monoisotopic (exact) mass is 255 g/mol. The summed E-state index contributed by atoms with van der Waals surface area (Å²) in [4.78, 5) is 11.4. The molecule has 0 aliphatic rings. The Balaban J connectivity index is 3.15. The number of nitrogens with zero attached hydrogens (tertiary/aromatic N) is 1. The predicted octanol–water partition coefficient (Wildman–Crippen LogP) is 3.65. The molecule has 0 aromatic heterocycles. The Labute approximate surface area is 105 Å². The number of carbonyl (C=O) groups excluding carboxylic acids is 1. The van der Waals surface area contributed by atoms with Gasteiger partial charge in [-0.05, 0) is 31.5 Å². The fourth-order valence-electron chi connectivity index (χ4n) is 1.30. The van der Waals surface area contributed by atoms with Crippen LogP contribution >= 0.6 is 23.2 Å². The second-order valence-corrected chi connectivity index (χ2v) is 4.69. The summed E-state index contributed by atoms with van der Waals surface area (Å²) in [7, 11) is 0. The van der Waals surface area contributed by atoms with Crippen LogP contribution in [0.1, 0.15) is 19.4 Å². The van der Waals surface area contributed by atoms with Crippen molar-refractivity contribution >= 4 is 29.0 Å². The molecule has 0 saturated carbocycles. The Morgan fingerprint density at radius 1 is 1.44 bits per heavy atom. The van der Waals surface area contributed by atoms with Gasteiger partial charge in [0.05, 0.1) is 6.07 Å². The molecule has 1 unspecified atom stereocenters. The molecular weight excluding hydrogens is 245 g/mol. The molecule has 16 heavy (non-hydrogen) atoms. The number of Topliss-reactive ketones (excluding diaryl/α,β-unsaturated/α-hetero) is 1. The number of hydrogen-bond acceptors (Lipinski definition) is 2. The first-order chi connectivity index (χ1) is 7.40. The lowest BCUT2D eigenvalue weighted by Crippen LogP contribution is -2.26. The molecule has 2 nitrogen and oxygen atoms in total. The van der Waals surface area contributed by atoms with Crippen LogP contribution in [0, 0.1) is 16.7 Å². The van der Waals surface area contributed by atoms with E-state index in [0.29, 0.717) is 15.6 Å². The first-order valence-corrected chi connectivity index (χ1v) is 5.51. The molecule has 0 aliphatic heterocycles. The summed E-state index contributed by atoms with van der Waals surface area (Å²) in [5, 5.41) is 10.0. The summed E-state index contributed by atoms with van der Waals surface area (Å²) in [6.45, 7) is 2.99. The highest BCUT2D eigenvalue weighted by Gasteiger charge is 2.31. The van der Waals surface area contributed by atoms with Gasteiger partial charge in [0, 0.05) is 16.5 Å². The van der Waals surface area contributed by atoms with Crippen LogP contribution in [0.5, 0.6) is 0 Å². The summed E-state index contributed by atoms with van der Waals surface area (Å²) in [5.41, 5.74) is -0.431. The van der Waals surface area contributed by atoms with Crippen LogP contribution in [0.4, 0.5) is 0 Å². The Morgan fingerprint density at radius 2 is 1.94 bits per heavy atom. The van der Waals surface area contributed by atoms with E-state index in [1.54, 1.807) is 25.1 Å². The van der Waals surface area contributed by atoms with E-state index in [9.17, 15) is 4.79 Å². The van der Waals surface area contributed by atoms with Crippen molar-refractivity contribution in [3.63, 3.8) is 0 Å². The summed E-state index contributed by atoms with van der Waals surface area (Å²) in [5.74, 6) is -0.189. The lowest BCUT2D eigenvalue weighted by Gasteiger charge is -2.19. The maximum atomic E-state index is 11.4. The van der Waals surface area contributed by atoms with Gasteiger partial charge in [-0.3, -0.25) is 4.79 Å². The lowest BCUT2D eigenvalue weighted by molar-refractivity contribution is -0.123. The van der Waals surface area contributed by atoms with E-state index in [-0.39, 0.29) is 12.2 Å². The Morgan fingerprint density at radius 3 is 2.31 bits per heavy atom. The van der Waals surface area contributed by atoms with Crippen molar-refractivity contribution in [3.05, 3.63) is 33.8 Å². The zero-order valence-electron chi connectivity index (χ0n) is 9.05. The van der Waals surface area contributed by atoms with Gasteiger partial charge in [0.25, 0.3) is 0 Å². The molecule has 0 amide bonds. The summed E-state index contributed by atoms with van der Waals surface area (Å²) in [6.07, 6.45) is 0.233. The molecule has 0 fully saturated rings. The van der Waals surface area contributed by atoms with Gasteiger partial charge in [-0.1, -0.05) is 29.3 Å². The van der Waals surface area contributed by atoms with Gasteiger partial charge in [0.1, 0.15) is 11.2 Å². The molecule has 0 heterocycles. The maximum absolute atomic E-state index is 11.4. The van der Waals surface area contributed by atoms with E-state index in [1.807, 2.05) is 6.07 Å². The van der Waals surface area contributed by atoms with Crippen LogP contribution < -0.4 is 0 Å². The number of ketones is 1. The number of nitriles is 1. The highest BCUT2D eigenvalue weighted by molar-refractivity contribution is 6.36. The van der Waals surface area contributed by atoms with E-state index in [1.165, 1.54) is 6.92 Å². The van der Waals surface area contributed by atoms with Gasteiger partial charge in [-0.15, -0.1) is 0 Å². The third-order valence-corrected chi connectivity index (χ3v) is 3.32. The number of hydrogen-bond donors (Lipinski definition) is 0. The lowest BCUT2D eigenvalue weighted by atomic mass is 9.82. The minimum absolute atomic E-state index is 0.189. The summed E-state index contributed by atoms with van der Waals surface area (Å²) >= 11 is 12.0. The van der Waals surface area contributed by atoms with Crippen LogP contribution in [-0.4, -0.2) is 5.78 Å².